The molecule has 3 heteroatoms. The van der Waals surface area contributed by atoms with Crippen LogP contribution in [0.25, 0.3) is 0 Å². The summed E-state index contributed by atoms with van der Waals surface area (Å²) in [4.78, 5) is 2.46. The molecule has 1 aromatic rings. The van der Waals surface area contributed by atoms with Gasteiger partial charge in [0.15, 0.2) is 0 Å². The monoisotopic (exact) mass is 296 g/mol. The molecule has 0 amide bonds. The standard InChI is InChI=1S/C17H32N2S/c1-7-9-17(5,13-18-16(2,3)4)14-19(6)11-15-8-10-20-12-15/h8,10,12,18H,7,9,11,13-14H2,1-6H3. The van der Waals surface area contributed by atoms with Crippen molar-refractivity contribution in [3.8, 4) is 0 Å². The zero-order valence-corrected chi connectivity index (χ0v) is 14.9. The van der Waals surface area contributed by atoms with Crippen molar-refractivity contribution in [1.82, 2.24) is 10.2 Å². The van der Waals surface area contributed by atoms with Gasteiger partial charge in [0, 0.05) is 25.2 Å². The fraction of sp³-hybridized carbons (Fsp3) is 0.765. The fourth-order valence-corrected chi connectivity index (χ4v) is 3.37. The number of hydrogen-bond donors (Lipinski definition) is 1. The quantitative estimate of drug-likeness (QED) is 0.766. The Morgan fingerprint density at radius 3 is 2.45 bits per heavy atom. The Morgan fingerprint density at radius 1 is 1.25 bits per heavy atom. The van der Waals surface area contributed by atoms with Gasteiger partial charge < -0.3 is 10.2 Å². The van der Waals surface area contributed by atoms with Gasteiger partial charge in [-0.2, -0.15) is 11.3 Å². The molecule has 0 saturated heterocycles. The van der Waals surface area contributed by atoms with Crippen molar-refractivity contribution in [2.24, 2.45) is 5.41 Å². The van der Waals surface area contributed by atoms with Crippen LogP contribution in [0.1, 0.15) is 53.0 Å². The van der Waals surface area contributed by atoms with Crippen molar-refractivity contribution in [2.75, 3.05) is 20.1 Å². The summed E-state index contributed by atoms with van der Waals surface area (Å²) in [5, 5.41) is 8.10. The first-order chi connectivity index (χ1) is 9.24. The maximum atomic E-state index is 3.69. The van der Waals surface area contributed by atoms with Crippen LogP contribution in [0.2, 0.25) is 0 Å². The SMILES string of the molecule is CCCC(C)(CNC(C)(C)C)CN(C)Cc1ccsc1. The third-order valence-corrected chi connectivity index (χ3v) is 4.32. The second kappa shape index (κ2) is 7.58. The minimum absolute atomic E-state index is 0.195. The minimum atomic E-state index is 0.195. The topological polar surface area (TPSA) is 15.3 Å². The second-order valence-corrected chi connectivity index (χ2v) is 8.25. The van der Waals surface area contributed by atoms with Gasteiger partial charge in [-0.25, -0.2) is 0 Å². The van der Waals surface area contributed by atoms with E-state index >= 15 is 0 Å². The summed E-state index contributed by atoms with van der Waals surface area (Å²) >= 11 is 1.78. The van der Waals surface area contributed by atoms with Crippen LogP contribution in [0.15, 0.2) is 16.8 Å². The van der Waals surface area contributed by atoms with Gasteiger partial charge in [-0.1, -0.05) is 20.3 Å². The van der Waals surface area contributed by atoms with Crippen molar-refractivity contribution in [1.29, 1.82) is 0 Å². The van der Waals surface area contributed by atoms with Crippen molar-refractivity contribution >= 4 is 11.3 Å². The van der Waals surface area contributed by atoms with Crippen LogP contribution in [0.3, 0.4) is 0 Å². The number of rotatable bonds is 8. The predicted molar refractivity (Wildman–Crippen MR) is 91.4 cm³/mol. The van der Waals surface area contributed by atoms with E-state index in [1.807, 2.05) is 0 Å². The zero-order chi connectivity index (χ0) is 15.2. The molecule has 1 rings (SSSR count). The molecule has 1 unspecified atom stereocenters. The van der Waals surface area contributed by atoms with Gasteiger partial charge >= 0.3 is 0 Å². The maximum Gasteiger partial charge on any atom is 0.0239 e. The molecule has 1 atom stereocenters. The van der Waals surface area contributed by atoms with Crippen LogP contribution >= 0.6 is 11.3 Å². The third kappa shape index (κ3) is 6.87. The van der Waals surface area contributed by atoms with Crippen LogP contribution < -0.4 is 5.32 Å². The first kappa shape index (κ1) is 17.7. The van der Waals surface area contributed by atoms with E-state index in [-0.39, 0.29) is 5.54 Å². The smallest absolute Gasteiger partial charge is 0.0239 e. The van der Waals surface area contributed by atoms with Gasteiger partial charge in [0.25, 0.3) is 0 Å². The average Bonchev–Trinajstić information content (AvgIpc) is 2.78. The molecule has 1 aromatic heterocycles. The first-order valence-corrected chi connectivity index (χ1v) is 8.63. The molecular weight excluding hydrogens is 264 g/mol. The van der Waals surface area contributed by atoms with Crippen LogP contribution in [0.5, 0.6) is 0 Å². The van der Waals surface area contributed by atoms with Gasteiger partial charge in [-0.3, -0.25) is 0 Å². The Balaban J connectivity index is 2.55. The van der Waals surface area contributed by atoms with Gasteiger partial charge in [0.05, 0.1) is 0 Å². The maximum absolute atomic E-state index is 3.69. The average molecular weight is 297 g/mol. The number of nitrogens with zero attached hydrogens (tertiary/aromatic N) is 1. The van der Waals surface area contributed by atoms with Crippen LogP contribution in [0.4, 0.5) is 0 Å². The molecule has 0 spiro atoms. The summed E-state index contributed by atoms with van der Waals surface area (Å²) in [6.45, 7) is 14.7. The molecule has 0 aliphatic carbocycles. The molecule has 0 radical (unpaired) electrons. The molecule has 0 bridgehead atoms. The van der Waals surface area contributed by atoms with E-state index in [1.165, 1.54) is 18.4 Å². The van der Waals surface area contributed by atoms with E-state index in [1.54, 1.807) is 11.3 Å². The van der Waals surface area contributed by atoms with Crippen LogP contribution in [-0.4, -0.2) is 30.6 Å². The Kier molecular flexibility index (Phi) is 6.70. The van der Waals surface area contributed by atoms with E-state index in [9.17, 15) is 0 Å². The molecule has 0 fully saturated rings. The molecule has 0 aromatic carbocycles. The number of hydrogen-bond acceptors (Lipinski definition) is 3. The van der Waals surface area contributed by atoms with Crippen LogP contribution in [-0.2, 0) is 6.54 Å². The lowest BCUT2D eigenvalue weighted by atomic mass is 9.84. The predicted octanol–water partition coefficient (Wildman–Crippen LogP) is 4.37. The number of nitrogens with one attached hydrogen (secondary N) is 1. The van der Waals surface area contributed by atoms with E-state index in [2.05, 4.69) is 68.7 Å². The lowest BCUT2D eigenvalue weighted by molar-refractivity contribution is 0.157. The summed E-state index contributed by atoms with van der Waals surface area (Å²) < 4.78 is 0. The van der Waals surface area contributed by atoms with Gasteiger partial charge in [0.2, 0.25) is 0 Å². The molecule has 0 aliphatic rings. The van der Waals surface area contributed by atoms with Crippen molar-refractivity contribution in [3.05, 3.63) is 22.4 Å². The zero-order valence-electron chi connectivity index (χ0n) is 14.1. The highest BCUT2D eigenvalue weighted by Gasteiger charge is 2.26. The van der Waals surface area contributed by atoms with Crippen molar-refractivity contribution < 1.29 is 0 Å². The molecular formula is C17H32N2S. The lowest BCUT2D eigenvalue weighted by Gasteiger charge is -2.36. The van der Waals surface area contributed by atoms with Crippen LogP contribution in [0, 0.1) is 5.41 Å². The summed E-state index contributed by atoms with van der Waals surface area (Å²) in [5.74, 6) is 0. The highest BCUT2D eigenvalue weighted by Crippen LogP contribution is 2.25. The van der Waals surface area contributed by atoms with E-state index in [0.717, 1.165) is 19.6 Å². The Labute approximate surface area is 129 Å². The molecule has 2 nitrogen and oxygen atoms in total. The fourth-order valence-electron chi connectivity index (χ4n) is 2.71. The normalized spacial score (nSPS) is 15.6. The van der Waals surface area contributed by atoms with Crippen molar-refractivity contribution in [2.45, 2.75) is 59.5 Å². The summed E-state index contributed by atoms with van der Waals surface area (Å²) in [6.07, 6.45) is 2.51. The molecule has 116 valence electrons. The van der Waals surface area contributed by atoms with E-state index < -0.39 is 0 Å². The van der Waals surface area contributed by atoms with Gasteiger partial charge in [0.1, 0.15) is 0 Å². The largest absolute Gasteiger partial charge is 0.311 e. The minimum Gasteiger partial charge on any atom is -0.311 e. The Bertz CT molecular complexity index is 367. The molecule has 20 heavy (non-hydrogen) atoms. The second-order valence-electron chi connectivity index (χ2n) is 7.47. The summed E-state index contributed by atoms with van der Waals surface area (Å²) in [7, 11) is 2.24. The first-order valence-electron chi connectivity index (χ1n) is 7.69. The Morgan fingerprint density at radius 2 is 1.95 bits per heavy atom. The summed E-state index contributed by atoms with van der Waals surface area (Å²) in [5.41, 5.74) is 1.97. The lowest BCUT2D eigenvalue weighted by Crippen LogP contribution is -2.46. The van der Waals surface area contributed by atoms with E-state index in [0.29, 0.717) is 5.41 Å². The Hall–Kier alpha value is -0.380. The molecule has 0 aliphatic heterocycles. The van der Waals surface area contributed by atoms with E-state index in [4.69, 9.17) is 0 Å². The van der Waals surface area contributed by atoms with Gasteiger partial charge in [-0.05, 0) is 62.0 Å². The number of thiophene rings is 1. The third-order valence-electron chi connectivity index (χ3n) is 3.58. The summed E-state index contributed by atoms with van der Waals surface area (Å²) in [6, 6.07) is 2.23. The van der Waals surface area contributed by atoms with Gasteiger partial charge in [-0.15, -0.1) is 0 Å². The molecule has 1 N–H and O–H groups in total. The van der Waals surface area contributed by atoms with Crippen molar-refractivity contribution in [3.63, 3.8) is 0 Å². The molecule has 1 heterocycles. The highest BCUT2D eigenvalue weighted by molar-refractivity contribution is 7.07. The molecule has 0 saturated carbocycles. The highest BCUT2D eigenvalue weighted by atomic mass is 32.1.